The van der Waals surface area contributed by atoms with Gasteiger partial charge in [0.05, 0.1) is 11.4 Å². The molecule has 3 heterocycles. The summed E-state index contributed by atoms with van der Waals surface area (Å²) in [6.45, 7) is 2.02. The van der Waals surface area contributed by atoms with Crippen molar-refractivity contribution >= 4 is 23.7 Å². The first-order valence-electron chi connectivity index (χ1n) is 5.36. The molecule has 0 radical (unpaired) electrons. The molecule has 1 saturated heterocycles. The van der Waals surface area contributed by atoms with E-state index in [2.05, 4.69) is 20.4 Å². The van der Waals surface area contributed by atoms with Crippen LogP contribution in [-0.2, 0) is 0 Å². The van der Waals surface area contributed by atoms with Gasteiger partial charge in [0, 0.05) is 11.9 Å². The van der Waals surface area contributed by atoms with E-state index in [0.29, 0.717) is 11.7 Å². The van der Waals surface area contributed by atoms with Crippen molar-refractivity contribution in [3.8, 4) is 11.5 Å². The van der Waals surface area contributed by atoms with Gasteiger partial charge in [-0.15, -0.1) is 23.7 Å². The Labute approximate surface area is 109 Å². The zero-order chi connectivity index (χ0) is 10.8. The Bertz CT molecular complexity index is 453. The summed E-state index contributed by atoms with van der Waals surface area (Å²) in [4.78, 5) is 8.57. The zero-order valence-corrected chi connectivity index (χ0v) is 10.8. The standard InChI is InChI=1S/C10H12N4OS.ClH/c1-2-7(4-11-3-1)10-13-9(14-15-10)8-5-16-6-12-8;/h5-7,11H,1-4H2;1H/t7-;/m0./s1. The van der Waals surface area contributed by atoms with E-state index >= 15 is 0 Å². The van der Waals surface area contributed by atoms with Gasteiger partial charge < -0.3 is 9.84 Å². The van der Waals surface area contributed by atoms with E-state index in [9.17, 15) is 0 Å². The van der Waals surface area contributed by atoms with Crippen LogP contribution in [0, 0.1) is 0 Å². The second kappa shape index (κ2) is 5.57. The third kappa shape index (κ3) is 2.65. The van der Waals surface area contributed by atoms with Crippen molar-refractivity contribution in [2.75, 3.05) is 13.1 Å². The molecule has 0 spiro atoms. The quantitative estimate of drug-likeness (QED) is 0.907. The summed E-state index contributed by atoms with van der Waals surface area (Å²) < 4.78 is 5.29. The monoisotopic (exact) mass is 272 g/mol. The summed E-state index contributed by atoms with van der Waals surface area (Å²) in [5.74, 6) is 1.69. The molecule has 3 rings (SSSR count). The van der Waals surface area contributed by atoms with Crippen LogP contribution in [0.5, 0.6) is 0 Å². The highest BCUT2D eigenvalue weighted by molar-refractivity contribution is 7.07. The summed E-state index contributed by atoms with van der Waals surface area (Å²) in [6, 6.07) is 0. The lowest BCUT2D eigenvalue weighted by Crippen LogP contribution is -2.28. The lowest BCUT2D eigenvalue weighted by Gasteiger charge is -2.18. The van der Waals surface area contributed by atoms with Crippen LogP contribution in [0.25, 0.3) is 11.5 Å². The molecule has 1 aliphatic rings. The Morgan fingerprint density at radius 3 is 3.12 bits per heavy atom. The van der Waals surface area contributed by atoms with Crippen LogP contribution < -0.4 is 5.32 Å². The van der Waals surface area contributed by atoms with Crippen LogP contribution in [0.2, 0.25) is 0 Å². The molecule has 1 N–H and O–H groups in total. The first kappa shape index (κ1) is 12.5. The minimum Gasteiger partial charge on any atom is -0.339 e. The van der Waals surface area contributed by atoms with E-state index in [1.807, 2.05) is 5.38 Å². The predicted octanol–water partition coefficient (Wildman–Crippen LogP) is 2.08. The number of thiazole rings is 1. The molecular weight excluding hydrogens is 260 g/mol. The minimum absolute atomic E-state index is 0. The molecule has 0 amide bonds. The Morgan fingerprint density at radius 1 is 1.47 bits per heavy atom. The van der Waals surface area contributed by atoms with E-state index in [1.165, 1.54) is 17.8 Å². The van der Waals surface area contributed by atoms with Gasteiger partial charge in [0.1, 0.15) is 5.69 Å². The fourth-order valence-electron chi connectivity index (χ4n) is 1.89. The van der Waals surface area contributed by atoms with Gasteiger partial charge in [-0.3, -0.25) is 0 Å². The smallest absolute Gasteiger partial charge is 0.231 e. The maximum atomic E-state index is 5.29. The Balaban J connectivity index is 0.00000108. The molecule has 5 nitrogen and oxygen atoms in total. The van der Waals surface area contributed by atoms with Gasteiger partial charge in [0.2, 0.25) is 11.7 Å². The highest BCUT2D eigenvalue weighted by Gasteiger charge is 2.21. The Hall–Kier alpha value is -0.980. The first-order valence-corrected chi connectivity index (χ1v) is 6.30. The fraction of sp³-hybridized carbons (Fsp3) is 0.500. The van der Waals surface area contributed by atoms with Gasteiger partial charge in [-0.2, -0.15) is 4.98 Å². The Morgan fingerprint density at radius 2 is 2.41 bits per heavy atom. The normalized spacial score (nSPS) is 19.9. The van der Waals surface area contributed by atoms with Gasteiger partial charge >= 0.3 is 0 Å². The maximum Gasteiger partial charge on any atom is 0.231 e. The average molecular weight is 273 g/mol. The Kier molecular flexibility index (Phi) is 4.09. The SMILES string of the molecule is Cl.c1nc(-c2noc([C@H]3CCCNC3)n2)cs1. The number of halogens is 1. The number of nitrogens with one attached hydrogen (secondary N) is 1. The molecule has 7 heteroatoms. The van der Waals surface area contributed by atoms with Crippen molar-refractivity contribution in [3.63, 3.8) is 0 Å². The molecule has 17 heavy (non-hydrogen) atoms. The summed E-state index contributed by atoms with van der Waals surface area (Å²) in [5.41, 5.74) is 2.57. The third-order valence-corrected chi connectivity index (χ3v) is 3.34. The van der Waals surface area contributed by atoms with E-state index < -0.39 is 0 Å². The molecule has 92 valence electrons. The van der Waals surface area contributed by atoms with Crippen molar-refractivity contribution < 1.29 is 4.52 Å². The molecule has 0 bridgehead atoms. The summed E-state index contributed by atoms with van der Waals surface area (Å²) in [7, 11) is 0. The molecule has 1 atom stereocenters. The number of rotatable bonds is 2. The van der Waals surface area contributed by atoms with E-state index in [4.69, 9.17) is 4.52 Å². The molecule has 2 aromatic heterocycles. The molecule has 0 aliphatic carbocycles. The molecule has 2 aromatic rings. The lowest BCUT2D eigenvalue weighted by atomic mass is 10.00. The van der Waals surface area contributed by atoms with Crippen LogP contribution >= 0.6 is 23.7 Å². The molecule has 0 saturated carbocycles. The van der Waals surface area contributed by atoms with Crippen LogP contribution in [0.4, 0.5) is 0 Å². The van der Waals surface area contributed by atoms with Crippen LogP contribution in [0.3, 0.4) is 0 Å². The first-order chi connectivity index (χ1) is 7.93. The van der Waals surface area contributed by atoms with Gasteiger partial charge in [-0.25, -0.2) is 4.98 Å². The largest absolute Gasteiger partial charge is 0.339 e. The lowest BCUT2D eigenvalue weighted by molar-refractivity contribution is 0.322. The summed E-state index contributed by atoms with van der Waals surface area (Å²) >= 11 is 1.53. The summed E-state index contributed by atoms with van der Waals surface area (Å²) in [5, 5.41) is 9.22. The number of hydrogen-bond acceptors (Lipinski definition) is 6. The molecule has 0 aromatic carbocycles. The highest BCUT2D eigenvalue weighted by atomic mass is 35.5. The van der Waals surface area contributed by atoms with Gasteiger partial charge in [0.25, 0.3) is 0 Å². The average Bonchev–Trinajstić information content (AvgIpc) is 3.01. The van der Waals surface area contributed by atoms with Crippen molar-refractivity contribution in [3.05, 3.63) is 16.8 Å². The second-order valence-electron chi connectivity index (χ2n) is 3.87. The van der Waals surface area contributed by atoms with E-state index in [1.54, 1.807) is 5.51 Å². The molecule has 1 fully saturated rings. The van der Waals surface area contributed by atoms with Crippen molar-refractivity contribution in [2.24, 2.45) is 0 Å². The van der Waals surface area contributed by atoms with Crippen molar-refractivity contribution in [2.45, 2.75) is 18.8 Å². The van der Waals surface area contributed by atoms with Crippen molar-refractivity contribution in [1.29, 1.82) is 0 Å². The predicted molar refractivity (Wildman–Crippen MR) is 67.5 cm³/mol. The molecular formula is C10H13ClN4OS. The van der Waals surface area contributed by atoms with Crippen LogP contribution in [0.1, 0.15) is 24.7 Å². The highest BCUT2D eigenvalue weighted by Crippen LogP contribution is 2.24. The number of nitrogens with zero attached hydrogens (tertiary/aromatic N) is 3. The van der Waals surface area contributed by atoms with Gasteiger partial charge in [-0.05, 0) is 19.4 Å². The van der Waals surface area contributed by atoms with Gasteiger partial charge in [-0.1, -0.05) is 5.16 Å². The number of piperidine rings is 1. The number of hydrogen-bond donors (Lipinski definition) is 1. The van der Waals surface area contributed by atoms with E-state index in [-0.39, 0.29) is 12.4 Å². The fourth-order valence-corrected chi connectivity index (χ4v) is 2.42. The van der Waals surface area contributed by atoms with E-state index in [0.717, 1.165) is 31.1 Å². The third-order valence-electron chi connectivity index (χ3n) is 2.75. The minimum atomic E-state index is 0. The van der Waals surface area contributed by atoms with Crippen LogP contribution in [-0.4, -0.2) is 28.2 Å². The zero-order valence-electron chi connectivity index (χ0n) is 9.13. The summed E-state index contributed by atoms with van der Waals surface area (Å²) in [6.07, 6.45) is 2.28. The van der Waals surface area contributed by atoms with Gasteiger partial charge in [0.15, 0.2) is 0 Å². The maximum absolute atomic E-state index is 5.29. The topological polar surface area (TPSA) is 63.8 Å². The van der Waals surface area contributed by atoms with Crippen LogP contribution in [0.15, 0.2) is 15.4 Å². The number of aromatic nitrogens is 3. The molecule has 1 aliphatic heterocycles. The molecule has 0 unspecified atom stereocenters. The van der Waals surface area contributed by atoms with Crippen molar-refractivity contribution in [1.82, 2.24) is 20.4 Å². The second-order valence-corrected chi connectivity index (χ2v) is 4.59.